The number of rotatable bonds is 6. The van der Waals surface area contributed by atoms with Crippen molar-refractivity contribution in [2.24, 2.45) is 0 Å². The molecule has 0 saturated carbocycles. The van der Waals surface area contributed by atoms with Gasteiger partial charge in [-0.2, -0.15) is 0 Å². The predicted molar refractivity (Wildman–Crippen MR) is 109 cm³/mol. The molecule has 3 amide bonds. The number of aromatic hydroxyl groups is 1. The number of amides is 3. The van der Waals surface area contributed by atoms with Crippen LogP contribution in [0.1, 0.15) is 5.56 Å². The molecular formula is C20H17FN2O6S. The Kier molecular flexibility index (Phi) is 6.26. The number of nitrogens with zero attached hydrogens (tertiary/aromatic N) is 1. The zero-order chi connectivity index (χ0) is 21.8. The first-order chi connectivity index (χ1) is 14.3. The molecule has 0 aliphatic carbocycles. The fourth-order valence-electron chi connectivity index (χ4n) is 2.66. The van der Waals surface area contributed by atoms with Gasteiger partial charge in [-0.3, -0.25) is 19.3 Å². The molecule has 1 aliphatic rings. The zero-order valence-electron chi connectivity index (χ0n) is 16.0. The van der Waals surface area contributed by atoms with Crippen molar-refractivity contribution < 1.29 is 33.4 Å². The molecule has 156 valence electrons. The number of nitrogens with one attached hydrogen (secondary N) is 1. The maximum atomic E-state index is 12.9. The Balaban J connectivity index is 1.75. The summed E-state index contributed by atoms with van der Waals surface area (Å²) >= 11 is 0.683. The summed E-state index contributed by atoms with van der Waals surface area (Å²) in [4.78, 5) is 37.9. The Labute approximate surface area is 175 Å². The number of carbonyl (C=O) groups excluding carboxylic acids is 3. The van der Waals surface area contributed by atoms with E-state index in [1.54, 1.807) is 0 Å². The molecule has 10 heteroatoms. The average Bonchev–Trinajstić information content (AvgIpc) is 2.98. The Hall–Kier alpha value is -3.53. The SMILES string of the molecule is COc1cc(/C=C2\SC(=O)N(CC(=O)Nc3ccc(F)cc3)C2=O)cc(OC)c1O. The van der Waals surface area contributed by atoms with Crippen LogP contribution < -0.4 is 14.8 Å². The molecule has 1 heterocycles. The Morgan fingerprint density at radius 3 is 2.33 bits per heavy atom. The second kappa shape index (κ2) is 8.87. The van der Waals surface area contributed by atoms with Gasteiger partial charge >= 0.3 is 0 Å². The highest BCUT2D eigenvalue weighted by atomic mass is 32.2. The largest absolute Gasteiger partial charge is 0.502 e. The van der Waals surface area contributed by atoms with E-state index in [4.69, 9.17) is 9.47 Å². The quantitative estimate of drug-likeness (QED) is 0.675. The number of halogens is 1. The van der Waals surface area contributed by atoms with E-state index in [0.717, 1.165) is 4.90 Å². The van der Waals surface area contributed by atoms with Crippen LogP contribution in [-0.2, 0) is 9.59 Å². The lowest BCUT2D eigenvalue weighted by Crippen LogP contribution is -2.36. The summed E-state index contributed by atoms with van der Waals surface area (Å²) in [6.07, 6.45) is 1.44. The van der Waals surface area contributed by atoms with Crippen molar-refractivity contribution in [3.63, 3.8) is 0 Å². The Morgan fingerprint density at radius 2 is 1.77 bits per heavy atom. The van der Waals surface area contributed by atoms with Gasteiger partial charge in [0.1, 0.15) is 12.4 Å². The fourth-order valence-corrected chi connectivity index (χ4v) is 3.50. The molecule has 0 aromatic heterocycles. The van der Waals surface area contributed by atoms with Crippen LogP contribution in [0.15, 0.2) is 41.3 Å². The van der Waals surface area contributed by atoms with Gasteiger partial charge in [-0.25, -0.2) is 4.39 Å². The van der Waals surface area contributed by atoms with E-state index >= 15 is 0 Å². The molecule has 0 bridgehead atoms. The van der Waals surface area contributed by atoms with Crippen LogP contribution >= 0.6 is 11.8 Å². The molecule has 0 radical (unpaired) electrons. The molecule has 8 nitrogen and oxygen atoms in total. The first kappa shape index (κ1) is 21.2. The summed E-state index contributed by atoms with van der Waals surface area (Å²) in [5.41, 5.74) is 0.801. The highest BCUT2D eigenvalue weighted by molar-refractivity contribution is 8.18. The summed E-state index contributed by atoms with van der Waals surface area (Å²) in [5.74, 6) is -1.60. The standard InChI is InChI=1S/C20H17FN2O6S/c1-28-14-7-11(8-15(29-2)18(14)25)9-16-19(26)23(20(27)30-16)10-17(24)22-13-5-3-12(21)4-6-13/h3-9,25H,10H2,1-2H3,(H,22,24)/b16-9-. The smallest absolute Gasteiger partial charge is 0.294 e. The number of anilines is 1. The van der Waals surface area contributed by atoms with Crippen LogP contribution in [0.5, 0.6) is 17.2 Å². The second-order valence-corrected chi connectivity index (χ2v) is 7.09. The first-order valence-electron chi connectivity index (χ1n) is 8.58. The van der Waals surface area contributed by atoms with Crippen LogP contribution in [0.25, 0.3) is 6.08 Å². The molecule has 0 spiro atoms. The minimum Gasteiger partial charge on any atom is -0.502 e. The highest BCUT2D eigenvalue weighted by Crippen LogP contribution is 2.39. The lowest BCUT2D eigenvalue weighted by atomic mass is 10.1. The number of ether oxygens (including phenoxy) is 2. The van der Waals surface area contributed by atoms with E-state index in [9.17, 15) is 23.9 Å². The van der Waals surface area contributed by atoms with E-state index < -0.39 is 29.4 Å². The number of imide groups is 1. The van der Waals surface area contributed by atoms with E-state index in [-0.39, 0.29) is 22.2 Å². The van der Waals surface area contributed by atoms with Crippen molar-refractivity contribution in [2.45, 2.75) is 0 Å². The number of carbonyl (C=O) groups is 3. The van der Waals surface area contributed by atoms with Gasteiger partial charge in [-0.1, -0.05) is 0 Å². The van der Waals surface area contributed by atoms with Crippen molar-refractivity contribution >= 4 is 40.6 Å². The number of phenolic OH excluding ortho intramolecular Hbond substituents is 1. The number of phenols is 1. The van der Waals surface area contributed by atoms with Gasteiger partial charge < -0.3 is 19.9 Å². The van der Waals surface area contributed by atoms with E-state index in [0.29, 0.717) is 23.0 Å². The maximum Gasteiger partial charge on any atom is 0.294 e. The summed E-state index contributed by atoms with van der Waals surface area (Å²) in [7, 11) is 2.73. The van der Waals surface area contributed by atoms with Crippen molar-refractivity contribution in [1.29, 1.82) is 0 Å². The molecule has 2 N–H and O–H groups in total. The molecule has 0 unspecified atom stereocenters. The summed E-state index contributed by atoms with van der Waals surface area (Å²) in [5, 5.41) is 11.9. The minimum atomic E-state index is -0.634. The molecule has 2 aromatic carbocycles. The van der Waals surface area contributed by atoms with Crippen LogP contribution in [0.4, 0.5) is 14.9 Å². The molecule has 1 saturated heterocycles. The van der Waals surface area contributed by atoms with Crippen LogP contribution in [0.2, 0.25) is 0 Å². The number of hydrogen-bond acceptors (Lipinski definition) is 7. The summed E-state index contributed by atoms with van der Waals surface area (Å²) in [6, 6.07) is 8.05. The molecule has 1 aliphatic heterocycles. The fraction of sp³-hybridized carbons (Fsp3) is 0.150. The molecular weight excluding hydrogens is 415 g/mol. The summed E-state index contributed by atoms with van der Waals surface area (Å²) in [6.45, 7) is -0.485. The number of benzene rings is 2. The van der Waals surface area contributed by atoms with E-state index in [1.807, 2.05) is 0 Å². The van der Waals surface area contributed by atoms with E-state index in [1.165, 1.54) is 56.7 Å². The zero-order valence-corrected chi connectivity index (χ0v) is 16.8. The summed E-state index contributed by atoms with van der Waals surface area (Å²) < 4.78 is 23.1. The Bertz CT molecular complexity index is 1010. The third kappa shape index (κ3) is 4.54. The predicted octanol–water partition coefficient (Wildman–Crippen LogP) is 3.22. The molecule has 30 heavy (non-hydrogen) atoms. The third-order valence-electron chi connectivity index (χ3n) is 4.10. The number of hydrogen-bond donors (Lipinski definition) is 2. The van der Waals surface area contributed by atoms with Gasteiger partial charge in [0.05, 0.1) is 19.1 Å². The van der Waals surface area contributed by atoms with Gasteiger partial charge in [0, 0.05) is 5.69 Å². The monoisotopic (exact) mass is 432 g/mol. The van der Waals surface area contributed by atoms with Gasteiger partial charge in [-0.15, -0.1) is 0 Å². The second-order valence-electron chi connectivity index (χ2n) is 6.10. The number of thioether (sulfide) groups is 1. The lowest BCUT2D eigenvalue weighted by Gasteiger charge is -2.12. The average molecular weight is 432 g/mol. The Morgan fingerprint density at radius 1 is 1.17 bits per heavy atom. The third-order valence-corrected chi connectivity index (χ3v) is 5.01. The molecule has 1 fully saturated rings. The maximum absolute atomic E-state index is 12.9. The van der Waals surface area contributed by atoms with Crippen molar-refractivity contribution in [3.8, 4) is 17.2 Å². The van der Waals surface area contributed by atoms with Gasteiger partial charge in [0.25, 0.3) is 11.1 Å². The lowest BCUT2D eigenvalue weighted by molar-refractivity contribution is -0.127. The van der Waals surface area contributed by atoms with Gasteiger partial charge in [-0.05, 0) is 59.8 Å². The molecule has 0 atom stereocenters. The topological polar surface area (TPSA) is 105 Å². The van der Waals surface area contributed by atoms with E-state index in [2.05, 4.69) is 5.32 Å². The van der Waals surface area contributed by atoms with Crippen LogP contribution in [0, 0.1) is 5.82 Å². The van der Waals surface area contributed by atoms with Crippen molar-refractivity contribution in [1.82, 2.24) is 4.90 Å². The first-order valence-corrected chi connectivity index (χ1v) is 9.39. The van der Waals surface area contributed by atoms with Gasteiger partial charge in [0.2, 0.25) is 11.7 Å². The van der Waals surface area contributed by atoms with Crippen molar-refractivity contribution in [2.75, 3.05) is 26.1 Å². The number of methoxy groups -OCH3 is 2. The molecule has 3 rings (SSSR count). The van der Waals surface area contributed by atoms with Crippen LogP contribution in [-0.4, -0.2) is 47.8 Å². The van der Waals surface area contributed by atoms with Crippen molar-refractivity contribution in [3.05, 3.63) is 52.7 Å². The minimum absolute atomic E-state index is 0.101. The van der Waals surface area contributed by atoms with Crippen LogP contribution in [0.3, 0.4) is 0 Å². The van der Waals surface area contributed by atoms with Gasteiger partial charge in [0.15, 0.2) is 11.5 Å². The highest BCUT2D eigenvalue weighted by Gasteiger charge is 2.36. The molecule has 2 aromatic rings. The normalized spacial score (nSPS) is 14.9.